The topological polar surface area (TPSA) is 69.7 Å². The van der Waals surface area contributed by atoms with Crippen LogP contribution in [0.5, 0.6) is 0 Å². The van der Waals surface area contributed by atoms with Crippen LogP contribution in [-0.2, 0) is 18.5 Å². The molecule has 0 spiro atoms. The number of benzene rings is 1. The molecule has 1 unspecified atom stereocenters. The Bertz CT molecular complexity index is 640. The van der Waals surface area contributed by atoms with Gasteiger partial charge in [-0.2, -0.15) is 0 Å². The van der Waals surface area contributed by atoms with E-state index in [9.17, 15) is 17.6 Å². The standard InChI is InChI=1S/C11H9Cl2FO5S/c12-8-4-9(14)10(20(13,16)17)3-7(8)11(15)19-6-1-2-18-5-6/h3-4,6H,1-2,5H2. The maximum Gasteiger partial charge on any atom is 0.340 e. The fraction of sp³-hybridized carbons (Fsp3) is 0.364. The van der Waals surface area contributed by atoms with Gasteiger partial charge in [-0.05, 0) is 12.1 Å². The predicted octanol–water partition coefficient (Wildman–Crippen LogP) is 2.35. The fourth-order valence-corrected chi connectivity index (χ4v) is 2.83. The zero-order valence-electron chi connectivity index (χ0n) is 9.94. The van der Waals surface area contributed by atoms with Gasteiger partial charge in [0.15, 0.2) is 0 Å². The summed E-state index contributed by atoms with van der Waals surface area (Å²) in [6.07, 6.45) is 0.102. The molecule has 1 aliphatic heterocycles. The zero-order valence-corrected chi connectivity index (χ0v) is 12.3. The summed E-state index contributed by atoms with van der Waals surface area (Å²) in [6, 6.07) is 1.47. The second-order valence-electron chi connectivity index (χ2n) is 4.09. The van der Waals surface area contributed by atoms with Crippen molar-refractivity contribution in [3.63, 3.8) is 0 Å². The van der Waals surface area contributed by atoms with Crippen LogP contribution in [0.15, 0.2) is 17.0 Å². The van der Waals surface area contributed by atoms with E-state index < -0.39 is 31.8 Å². The van der Waals surface area contributed by atoms with Gasteiger partial charge in [-0.15, -0.1) is 0 Å². The van der Waals surface area contributed by atoms with E-state index in [1.807, 2.05) is 0 Å². The molecule has 0 aliphatic carbocycles. The lowest BCUT2D eigenvalue weighted by atomic mass is 10.2. The van der Waals surface area contributed by atoms with E-state index in [1.165, 1.54) is 0 Å². The van der Waals surface area contributed by atoms with Crippen LogP contribution >= 0.6 is 22.3 Å². The highest BCUT2D eigenvalue weighted by Gasteiger charge is 2.25. The number of carbonyl (C=O) groups excluding carboxylic acids is 1. The Balaban J connectivity index is 2.33. The van der Waals surface area contributed by atoms with Gasteiger partial charge in [0, 0.05) is 17.1 Å². The van der Waals surface area contributed by atoms with Gasteiger partial charge in [-0.25, -0.2) is 17.6 Å². The molecule has 1 aromatic carbocycles. The summed E-state index contributed by atoms with van der Waals surface area (Å²) < 4.78 is 46.0. The van der Waals surface area contributed by atoms with Gasteiger partial charge in [0.25, 0.3) is 9.05 Å². The number of hydrogen-bond donors (Lipinski definition) is 0. The summed E-state index contributed by atoms with van der Waals surface area (Å²) in [6.45, 7) is 0.724. The van der Waals surface area contributed by atoms with Crippen molar-refractivity contribution in [3.05, 3.63) is 28.5 Å². The van der Waals surface area contributed by atoms with Crippen molar-refractivity contribution in [1.29, 1.82) is 0 Å². The number of rotatable bonds is 3. The minimum atomic E-state index is -4.33. The molecule has 1 saturated heterocycles. The average molecular weight is 343 g/mol. The molecule has 0 N–H and O–H groups in total. The number of esters is 1. The van der Waals surface area contributed by atoms with Gasteiger partial charge in [0.05, 0.1) is 23.8 Å². The molecule has 1 fully saturated rings. The van der Waals surface area contributed by atoms with Gasteiger partial charge < -0.3 is 9.47 Å². The van der Waals surface area contributed by atoms with Crippen molar-refractivity contribution < 1.29 is 27.1 Å². The van der Waals surface area contributed by atoms with Crippen molar-refractivity contribution >= 4 is 37.3 Å². The van der Waals surface area contributed by atoms with Gasteiger partial charge in [0.1, 0.15) is 16.8 Å². The highest BCUT2D eigenvalue weighted by molar-refractivity contribution is 8.13. The molecule has 20 heavy (non-hydrogen) atoms. The smallest absolute Gasteiger partial charge is 0.340 e. The summed E-state index contributed by atoms with van der Waals surface area (Å²) in [5.41, 5.74) is -0.265. The predicted molar refractivity (Wildman–Crippen MR) is 69.1 cm³/mol. The Morgan fingerprint density at radius 2 is 2.15 bits per heavy atom. The summed E-state index contributed by atoms with van der Waals surface area (Å²) in [5.74, 6) is -1.99. The van der Waals surface area contributed by atoms with Gasteiger partial charge in [0.2, 0.25) is 0 Å². The van der Waals surface area contributed by atoms with Gasteiger partial charge >= 0.3 is 5.97 Å². The Kier molecular flexibility index (Phi) is 4.53. The first-order valence-corrected chi connectivity index (χ1v) is 8.20. The molecule has 2 rings (SSSR count). The van der Waals surface area contributed by atoms with Gasteiger partial charge in [-0.1, -0.05) is 11.6 Å². The first-order chi connectivity index (χ1) is 9.29. The van der Waals surface area contributed by atoms with Gasteiger partial charge in [-0.3, -0.25) is 0 Å². The van der Waals surface area contributed by atoms with E-state index in [0.29, 0.717) is 19.1 Å². The SMILES string of the molecule is O=C(OC1CCOC1)c1cc(S(=O)(=O)Cl)c(F)cc1Cl. The molecule has 1 atom stereocenters. The molecule has 0 aromatic heterocycles. The van der Waals surface area contributed by atoms with Crippen molar-refractivity contribution in [2.45, 2.75) is 17.4 Å². The molecule has 0 bridgehead atoms. The molecule has 1 aliphatic rings. The van der Waals surface area contributed by atoms with Crippen molar-refractivity contribution in [1.82, 2.24) is 0 Å². The minimum Gasteiger partial charge on any atom is -0.456 e. The van der Waals surface area contributed by atoms with E-state index in [1.54, 1.807) is 0 Å². The molecule has 0 amide bonds. The average Bonchev–Trinajstić information content (AvgIpc) is 2.79. The van der Waals surface area contributed by atoms with E-state index in [0.717, 1.165) is 6.07 Å². The normalized spacial score (nSPS) is 19.1. The monoisotopic (exact) mass is 342 g/mol. The fourth-order valence-electron chi connectivity index (χ4n) is 1.69. The number of hydrogen-bond acceptors (Lipinski definition) is 5. The van der Waals surface area contributed by atoms with Crippen LogP contribution in [0, 0.1) is 5.82 Å². The molecule has 1 heterocycles. The molecule has 0 radical (unpaired) electrons. The summed E-state index contributed by atoms with van der Waals surface area (Å²) in [5, 5.41) is -0.254. The van der Waals surface area contributed by atoms with Crippen LogP contribution in [0.1, 0.15) is 16.8 Å². The molecule has 1 aromatic rings. The maximum absolute atomic E-state index is 13.5. The summed E-state index contributed by atoms with van der Waals surface area (Å²) >= 11 is 5.72. The van der Waals surface area contributed by atoms with Crippen molar-refractivity contribution in [2.75, 3.05) is 13.2 Å². The summed E-state index contributed by atoms with van der Waals surface area (Å²) in [7, 11) is 0.753. The van der Waals surface area contributed by atoms with Crippen LogP contribution < -0.4 is 0 Å². The molecule has 0 saturated carbocycles. The maximum atomic E-state index is 13.5. The van der Waals surface area contributed by atoms with Crippen molar-refractivity contribution in [2.24, 2.45) is 0 Å². The van der Waals surface area contributed by atoms with Crippen LogP contribution in [0.4, 0.5) is 4.39 Å². The molecule has 110 valence electrons. The van der Waals surface area contributed by atoms with Crippen LogP contribution in [0.3, 0.4) is 0 Å². The lowest BCUT2D eigenvalue weighted by Crippen LogP contribution is -2.18. The third-order valence-electron chi connectivity index (χ3n) is 2.67. The van der Waals surface area contributed by atoms with Crippen LogP contribution in [0.2, 0.25) is 5.02 Å². The lowest BCUT2D eigenvalue weighted by molar-refractivity contribution is 0.0270. The Hall–Kier alpha value is -0.890. The number of halogens is 3. The van der Waals surface area contributed by atoms with Crippen LogP contribution in [-0.4, -0.2) is 33.7 Å². The Morgan fingerprint density at radius 3 is 2.70 bits per heavy atom. The lowest BCUT2D eigenvalue weighted by Gasteiger charge is -2.11. The first-order valence-electron chi connectivity index (χ1n) is 5.51. The molecular weight excluding hydrogens is 334 g/mol. The van der Waals surface area contributed by atoms with E-state index in [4.69, 9.17) is 31.8 Å². The zero-order chi connectivity index (χ0) is 14.9. The number of carbonyl (C=O) groups is 1. The molecule has 5 nitrogen and oxygen atoms in total. The van der Waals surface area contributed by atoms with Crippen molar-refractivity contribution in [3.8, 4) is 0 Å². The van der Waals surface area contributed by atoms with E-state index >= 15 is 0 Å². The Labute approximate surface area is 124 Å². The molecular formula is C11H9Cl2FO5S. The third kappa shape index (κ3) is 3.41. The second kappa shape index (κ2) is 5.85. The second-order valence-corrected chi connectivity index (χ2v) is 7.03. The van der Waals surface area contributed by atoms with Crippen LogP contribution in [0.25, 0.3) is 0 Å². The van der Waals surface area contributed by atoms with E-state index in [2.05, 4.69) is 0 Å². The quantitative estimate of drug-likeness (QED) is 0.622. The highest BCUT2D eigenvalue weighted by atomic mass is 35.7. The third-order valence-corrected chi connectivity index (χ3v) is 4.32. The minimum absolute atomic E-state index is 0.254. The molecule has 9 heteroatoms. The van der Waals surface area contributed by atoms with E-state index in [-0.39, 0.29) is 17.2 Å². The highest BCUT2D eigenvalue weighted by Crippen LogP contribution is 2.27. The summed E-state index contributed by atoms with van der Waals surface area (Å²) in [4.78, 5) is 11.1. The largest absolute Gasteiger partial charge is 0.456 e. The first kappa shape index (κ1) is 15.5. The Morgan fingerprint density at radius 1 is 1.45 bits per heavy atom. The number of ether oxygens (including phenoxy) is 2.